The first kappa shape index (κ1) is 21.0. The van der Waals surface area contributed by atoms with Crippen molar-refractivity contribution in [3.05, 3.63) is 53.2 Å². The molecule has 0 radical (unpaired) electrons. The Morgan fingerprint density at radius 3 is 2.60 bits per heavy atom. The van der Waals surface area contributed by atoms with E-state index in [1.54, 1.807) is 19.3 Å². The lowest BCUT2D eigenvalue weighted by Crippen LogP contribution is -2.36. The van der Waals surface area contributed by atoms with Gasteiger partial charge in [0.05, 0.1) is 24.4 Å². The van der Waals surface area contributed by atoms with Crippen LogP contribution in [-0.4, -0.2) is 18.0 Å². The predicted octanol–water partition coefficient (Wildman–Crippen LogP) is 3.33. The van der Waals surface area contributed by atoms with Gasteiger partial charge in [0, 0.05) is 19.0 Å². The number of rotatable bonds is 4. The van der Waals surface area contributed by atoms with Gasteiger partial charge in [-0.25, -0.2) is 4.98 Å². The number of aliphatic imine (C=N–C) groups is 1. The van der Waals surface area contributed by atoms with Crippen molar-refractivity contribution in [3.63, 3.8) is 0 Å². The highest BCUT2D eigenvalue weighted by Crippen LogP contribution is 2.22. The Kier molecular flexibility index (Phi) is 7.90. The van der Waals surface area contributed by atoms with Crippen LogP contribution < -0.4 is 10.6 Å². The molecule has 1 heterocycles. The molecule has 0 atom stereocenters. The van der Waals surface area contributed by atoms with Crippen molar-refractivity contribution < 1.29 is 4.42 Å². The summed E-state index contributed by atoms with van der Waals surface area (Å²) in [5.74, 6) is 2.12. The van der Waals surface area contributed by atoms with Crippen LogP contribution in [0.5, 0.6) is 0 Å². The average Bonchev–Trinajstić information content (AvgIpc) is 3.04. The molecule has 0 spiro atoms. The lowest BCUT2D eigenvalue weighted by atomic mass is 9.94. The third-order valence-electron chi connectivity index (χ3n) is 3.44. The molecule has 0 bridgehead atoms. The third kappa shape index (κ3) is 6.38. The number of hydrogen-bond acceptors (Lipinski definition) is 4. The van der Waals surface area contributed by atoms with Crippen molar-refractivity contribution in [3.8, 4) is 6.07 Å². The van der Waals surface area contributed by atoms with Crippen LogP contribution in [0.15, 0.2) is 39.9 Å². The molecule has 1 aromatic carbocycles. The maximum atomic E-state index is 8.93. The van der Waals surface area contributed by atoms with E-state index in [1.807, 2.05) is 18.2 Å². The SMILES string of the molecule is CN=C(NCc1cccc(C#N)c1)NCc1ncc(C(C)(C)C)o1.I. The van der Waals surface area contributed by atoms with Gasteiger partial charge in [-0.3, -0.25) is 4.99 Å². The standard InChI is InChI=1S/C18H23N5O.HI/c1-18(2,3)15-11-21-16(24-15)12-23-17(20-4)22-10-14-7-5-6-13(8-14)9-19;/h5-8,11H,10,12H2,1-4H3,(H2,20,22,23);1H. The first-order valence-corrected chi connectivity index (χ1v) is 7.81. The number of benzene rings is 1. The highest BCUT2D eigenvalue weighted by molar-refractivity contribution is 14.0. The Labute approximate surface area is 165 Å². The van der Waals surface area contributed by atoms with Gasteiger partial charge >= 0.3 is 0 Å². The summed E-state index contributed by atoms with van der Waals surface area (Å²) in [5.41, 5.74) is 1.60. The highest BCUT2D eigenvalue weighted by atomic mass is 127. The smallest absolute Gasteiger partial charge is 0.213 e. The van der Waals surface area contributed by atoms with Crippen molar-refractivity contribution in [2.24, 2.45) is 4.99 Å². The van der Waals surface area contributed by atoms with Crippen molar-refractivity contribution in [2.45, 2.75) is 39.3 Å². The van der Waals surface area contributed by atoms with Crippen LogP contribution in [-0.2, 0) is 18.5 Å². The van der Waals surface area contributed by atoms with Gasteiger partial charge in [0.1, 0.15) is 5.76 Å². The zero-order chi connectivity index (χ0) is 17.6. The largest absolute Gasteiger partial charge is 0.443 e. The van der Waals surface area contributed by atoms with Gasteiger partial charge in [0.15, 0.2) is 5.96 Å². The summed E-state index contributed by atoms with van der Waals surface area (Å²) in [7, 11) is 1.71. The van der Waals surface area contributed by atoms with Gasteiger partial charge in [0.2, 0.25) is 5.89 Å². The van der Waals surface area contributed by atoms with E-state index in [1.165, 1.54) is 0 Å². The molecule has 1 aromatic heterocycles. The number of hydrogen-bond donors (Lipinski definition) is 2. The summed E-state index contributed by atoms with van der Waals surface area (Å²) in [6, 6.07) is 9.60. The maximum absolute atomic E-state index is 8.93. The summed E-state index contributed by atoms with van der Waals surface area (Å²) in [4.78, 5) is 8.46. The second-order valence-electron chi connectivity index (χ2n) is 6.46. The Morgan fingerprint density at radius 2 is 2.00 bits per heavy atom. The second-order valence-corrected chi connectivity index (χ2v) is 6.46. The molecule has 0 amide bonds. The highest BCUT2D eigenvalue weighted by Gasteiger charge is 2.19. The van der Waals surface area contributed by atoms with E-state index in [0.29, 0.717) is 30.5 Å². The minimum atomic E-state index is -0.0586. The Balaban J connectivity index is 0.00000312. The predicted molar refractivity (Wildman–Crippen MR) is 109 cm³/mol. The first-order chi connectivity index (χ1) is 11.4. The topological polar surface area (TPSA) is 86.2 Å². The molecular formula is C18H24IN5O. The average molecular weight is 453 g/mol. The van der Waals surface area contributed by atoms with Crippen molar-refractivity contribution in [2.75, 3.05) is 7.05 Å². The van der Waals surface area contributed by atoms with Gasteiger partial charge in [-0.05, 0) is 17.7 Å². The van der Waals surface area contributed by atoms with E-state index >= 15 is 0 Å². The molecule has 7 heteroatoms. The summed E-state index contributed by atoms with van der Waals surface area (Å²) in [5, 5.41) is 15.3. The molecule has 2 rings (SSSR count). The van der Waals surface area contributed by atoms with Crippen LogP contribution in [0.4, 0.5) is 0 Å². The molecule has 0 fully saturated rings. The summed E-state index contributed by atoms with van der Waals surface area (Å²) < 4.78 is 5.74. The van der Waals surface area contributed by atoms with Crippen molar-refractivity contribution >= 4 is 29.9 Å². The molecule has 25 heavy (non-hydrogen) atoms. The molecule has 134 valence electrons. The van der Waals surface area contributed by atoms with Crippen LogP contribution in [0, 0.1) is 11.3 Å². The number of guanidine groups is 1. The molecule has 0 saturated carbocycles. The first-order valence-electron chi connectivity index (χ1n) is 7.81. The van der Waals surface area contributed by atoms with Crippen LogP contribution in [0.1, 0.15) is 43.5 Å². The van der Waals surface area contributed by atoms with Gasteiger partial charge in [-0.15, -0.1) is 24.0 Å². The van der Waals surface area contributed by atoms with E-state index in [2.05, 4.69) is 47.5 Å². The number of nitrogens with zero attached hydrogens (tertiary/aromatic N) is 3. The molecule has 0 aliphatic heterocycles. The number of nitrogens with one attached hydrogen (secondary N) is 2. The van der Waals surface area contributed by atoms with Gasteiger partial charge in [-0.1, -0.05) is 32.9 Å². The third-order valence-corrected chi connectivity index (χ3v) is 3.44. The Hall–Kier alpha value is -2.08. The molecule has 2 aromatic rings. The van der Waals surface area contributed by atoms with E-state index in [-0.39, 0.29) is 29.4 Å². The van der Waals surface area contributed by atoms with Crippen LogP contribution in [0.3, 0.4) is 0 Å². The number of oxazole rings is 1. The second kappa shape index (κ2) is 9.42. The van der Waals surface area contributed by atoms with Crippen molar-refractivity contribution in [1.82, 2.24) is 15.6 Å². The molecule has 0 saturated heterocycles. The zero-order valence-electron chi connectivity index (χ0n) is 15.0. The minimum Gasteiger partial charge on any atom is -0.443 e. The van der Waals surface area contributed by atoms with Crippen LogP contribution in [0.25, 0.3) is 0 Å². The molecule has 0 aliphatic carbocycles. The minimum absolute atomic E-state index is 0. The number of nitriles is 1. The maximum Gasteiger partial charge on any atom is 0.213 e. The molecule has 0 aliphatic rings. The van der Waals surface area contributed by atoms with Gasteiger partial charge in [-0.2, -0.15) is 5.26 Å². The fourth-order valence-electron chi connectivity index (χ4n) is 2.06. The van der Waals surface area contributed by atoms with Gasteiger partial charge in [0.25, 0.3) is 0 Å². The van der Waals surface area contributed by atoms with E-state index in [9.17, 15) is 0 Å². The van der Waals surface area contributed by atoms with Crippen LogP contribution in [0.2, 0.25) is 0 Å². The number of halogens is 1. The molecular weight excluding hydrogens is 429 g/mol. The summed E-state index contributed by atoms with van der Waals surface area (Å²) in [6.07, 6.45) is 1.76. The van der Waals surface area contributed by atoms with E-state index < -0.39 is 0 Å². The van der Waals surface area contributed by atoms with Crippen LogP contribution >= 0.6 is 24.0 Å². The lowest BCUT2D eigenvalue weighted by molar-refractivity contribution is 0.379. The summed E-state index contributed by atoms with van der Waals surface area (Å²) in [6.45, 7) is 7.28. The van der Waals surface area contributed by atoms with Crippen molar-refractivity contribution in [1.29, 1.82) is 5.26 Å². The molecule has 6 nitrogen and oxygen atoms in total. The quantitative estimate of drug-likeness (QED) is 0.422. The van der Waals surface area contributed by atoms with E-state index in [4.69, 9.17) is 9.68 Å². The number of aromatic nitrogens is 1. The Bertz CT molecular complexity index is 755. The summed E-state index contributed by atoms with van der Waals surface area (Å²) >= 11 is 0. The fourth-order valence-corrected chi connectivity index (χ4v) is 2.06. The zero-order valence-corrected chi connectivity index (χ0v) is 17.3. The van der Waals surface area contributed by atoms with E-state index in [0.717, 1.165) is 11.3 Å². The molecule has 0 unspecified atom stereocenters. The normalized spacial score (nSPS) is 11.4. The molecule has 2 N–H and O–H groups in total. The fraction of sp³-hybridized carbons (Fsp3) is 0.389. The lowest BCUT2D eigenvalue weighted by Gasteiger charge is -2.13. The van der Waals surface area contributed by atoms with Gasteiger partial charge < -0.3 is 15.1 Å². The Morgan fingerprint density at radius 1 is 1.28 bits per heavy atom. The monoisotopic (exact) mass is 453 g/mol.